The number of anilines is 1. The Hall–Kier alpha value is -3.20. The molecule has 3 N–H and O–H groups in total. The van der Waals surface area contributed by atoms with Crippen molar-refractivity contribution >= 4 is 29.5 Å². The number of carboxylic acids is 2. The SMILES string of the molecule is CCCCC=Cc1cnc2ccc(NCCOC)nn12.O=C(O)C=CC(=O)O. The minimum absolute atomic E-state index is 0.558. The predicted molar refractivity (Wildman–Crippen MR) is 106 cm³/mol. The summed E-state index contributed by atoms with van der Waals surface area (Å²) < 4.78 is 6.87. The summed E-state index contributed by atoms with van der Waals surface area (Å²) in [4.78, 5) is 23.5. The summed E-state index contributed by atoms with van der Waals surface area (Å²) in [5.41, 5.74) is 1.86. The van der Waals surface area contributed by atoms with Gasteiger partial charge in [0, 0.05) is 25.8 Å². The van der Waals surface area contributed by atoms with Gasteiger partial charge in [0.25, 0.3) is 0 Å². The molecule has 0 aliphatic heterocycles. The van der Waals surface area contributed by atoms with E-state index in [1.54, 1.807) is 7.11 Å². The Kier molecular flexibility index (Phi) is 10.6. The number of carboxylic acid groups (broad SMARTS) is 2. The molecule has 0 unspecified atom stereocenters. The van der Waals surface area contributed by atoms with Crippen LogP contribution in [0.15, 0.2) is 36.6 Å². The zero-order chi connectivity index (χ0) is 20.8. The van der Waals surface area contributed by atoms with E-state index in [9.17, 15) is 9.59 Å². The van der Waals surface area contributed by atoms with Crippen LogP contribution in [0.5, 0.6) is 0 Å². The van der Waals surface area contributed by atoms with Crippen molar-refractivity contribution in [2.45, 2.75) is 26.2 Å². The van der Waals surface area contributed by atoms with Crippen molar-refractivity contribution in [1.82, 2.24) is 14.6 Å². The van der Waals surface area contributed by atoms with Gasteiger partial charge in [-0.3, -0.25) is 0 Å². The number of carbonyl (C=O) groups is 2. The van der Waals surface area contributed by atoms with Crippen LogP contribution in [0.2, 0.25) is 0 Å². The van der Waals surface area contributed by atoms with E-state index in [0.29, 0.717) is 18.8 Å². The third-order valence-electron chi connectivity index (χ3n) is 3.38. The number of unbranched alkanes of at least 4 members (excludes halogenated alkanes) is 2. The number of nitrogens with zero attached hydrogens (tertiary/aromatic N) is 3. The highest BCUT2D eigenvalue weighted by Crippen LogP contribution is 2.11. The van der Waals surface area contributed by atoms with Crippen LogP contribution < -0.4 is 5.32 Å². The largest absolute Gasteiger partial charge is 0.478 e. The number of allylic oxidation sites excluding steroid dienone is 1. The van der Waals surface area contributed by atoms with Gasteiger partial charge in [-0.05, 0) is 24.6 Å². The molecule has 9 heteroatoms. The summed E-state index contributed by atoms with van der Waals surface area (Å²) in [6.07, 6.45) is 10.7. The van der Waals surface area contributed by atoms with E-state index in [0.717, 1.165) is 30.1 Å². The first-order valence-corrected chi connectivity index (χ1v) is 8.86. The first-order valence-electron chi connectivity index (χ1n) is 8.86. The van der Waals surface area contributed by atoms with Gasteiger partial charge in [0.05, 0.1) is 18.5 Å². The van der Waals surface area contributed by atoms with E-state index >= 15 is 0 Å². The fourth-order valence-corrected chi connectivity index (χ4v) is 2.05. The summed E-state index contributed by atoms with van der Waals surface area (Å²) in [6.45, 7) is 3.60. The van der Waals surface area contributed by atoms with Gasteiger partial charge in [-0.25, -0.2) is 19.1 Å². The molecular formula is C19H26N4O5. The molecule has 2 aromatic rings. The van der Waals surface area contributed by atoms with Gasteiger partial charge in [-0.15, -0.1) is 5.10 Å². The second-order valence-corrected chi connectivity index (χ2v) is 5.65. The highest BCUT2D eigenvalue weighted by Gasteiger charge is 2.02. The number of ether oxygens (including phenoxy) is 1. The molecular weight excluding hydrogens is 364 g/mol. The van der Waals surface area contributed by atoms with E-state index in [-0.39, 0.29) is 0 Å². The highest BCUT2D eigenvalue weighted by atomic mass is 16.5. The van der Waals surface area contributed by atoms with Gasteiger partial charge in [-0.1, -0.05) is 25.8 Å². The van der Waals surface area contributed by atoms with E-state index in [1.165, 1.54) is 12.8 Å². The molecule has 0 saturated heterocycles. The lowest BCUT2D eigenvalue weighted by Crippen LogP contribution is -2.10. The third kappa shape index (κ3) is 8.95. The maximum absolute atomic E-state index is 9.55. The highest BCUT2D eigenvalue weighted by molar-refractivity contribution is 5.89. The average Bonchev–Trinajstić information content (AvgIpc) is 3.07. The first-order chi connectivity index (χ1) is 13.5. The molecule has 0 saturated carbocycles. The van der Waals surface area contributed by atoms with E-state index < -0.39 is 11.9 Å². The molecule has 2 aromatic heterocycles. The minimum atomic E-state index is -1.26. The zero-order valence-corrected chi connectivity index (χ0v) is 16.0. The van der Waals surface area contributed by atoms with Crippen LogP contribution in [-0.2, 0) is 14.3 Å². The number of hydrogen-bond donors (Lipinski definition) is 3. The Labute approximate surface area is 163 Å². The lowest BCUT2D eigenvalue weighted by molar-refractivity contribution is -0.134. The molecule has 0 atom stereocenters. The summed E-state index contributed by atoms with van der Waals surface area (Å²) in [5.74, 6) is -1.68. The molecule has 0 spiro atoms. The van der Waals surface area contributed by atoms with Crippen LogP contribution in [0.3, 0.4) is 0 Å². The molecule has 2 heterocycles. The number of imidazole rings is 1. The number of nitrogens with one attached hydrogen (secondary N) is 1. The van der Waals surface area contributed by atoms with Crippen LogP contribution in [-0.4, -0.2) is 57.0 Å². The van der Waals surface area contributed by atoms with Gasteiger partial charge in [0.15, 0.2) is 5.65 Å². The van der Waals surface area contributed by atoms with E-state index in [2.05, 4.69) is 34.5 Å². The first kappa shape index (κ1) is 22.8. The second kappa shape index (κ2) is 13.0. The lowest BCUT2D eigenvalue weighted by Gasteiger charge is -2.05. The number of methoxy groups -OCH3 is 1. The quantitative estimate of drug-likeness (QED) is 0.417. The lowest BCUT2D eigenvalue weighted by atomic mass is 10.2. The van der Waals surface area contributed by atoms with Gasteiger partial charge in [-0.2, -0.15) is 0 Å². The average molecular weight is 390 g/mol. The van der Waals surface area contributed by atoms with E-state index in [1.807, 2.05) is 22.8 Å². The fraction of sp³-hybridized carbons (Fsp3) is 0.368. The number of aromatic nitrogens is 3. The third-order valence-corrected chi connectivity index (χ3v) is 3.38. The van der Waals surface area contributed by atoms with Crippen LogP contribution in [0, 0.1) is 0 Å². The Morgan fingerprint density at radius 2 is 1.96 bits per heavy atom. The number of hydrogen-bond acceptors (Lipinski definition) is 6. The molecule has 28 heavy (non-hydrogen) atoms. The van der Waals surface area contributed by atoms with Crippen molar-refractivity contribution in [3.8, 4) is 0 Å². The van der Waals surface area contributed by atoms with Crippen LogP contribution >= 0.6 is 0 Å². The molecule has 152 valence electrons. The molecule has 9 nitrogen and oxygen atoms in total. The Morgan fingerprint density at radius 3 is 2.57 bits per heavy atom. The molecule has 0 fully saturated rings. The molecule has 0 amide bonds. The van der Waals surface area contributed by atoms with Crippen LogP contribution in [0.1, 0.15) is 31.9 Å². The normalized spacial score (nSPS) is 10.9. The topological polar surface area (TPSA) is 126 Å². The van der Waals surface area contributed by atoms with Gasteiger partial charge in [0.1, 0.15) is 5.82 Å². The number of aliphatic carboxylic acids is 2. The van der Waals surface area contributed by atoms with E-state index in [4.69, 9.17) is 14.9 Å². The van der Waals surface area contributed by atoms with Gasteiger partial charge >= 0.3 is 11.9 Å². The van der Waals surface area contributed by atoms with Crippen LogP contribution in [0.25, 0.3) is 11.7 Å². The predicted octanol–water partition coefficient (Wildman–Crippen LogP) is 2.70. The summed E-state index contributed by atoms with van der Waals surface area (Å²) in [5, 5.41) is 23.4. The molecule has 0 bridgehead atoms. The van der Waals surface area contributed by atoms with Crippen molar-refractivity contribution in [3.05, 3.63) is 42.3 Å². The van der Waals surface area contributed by atoms with Crippen molar-refractivity contribution in [1.29, 1.82) is 0 Å². The van der Waals surface area contributed by atoms with Gasteiger partial charge < -0.3 is 20.3 Å². The smallest absolute Gasteiger partial charge is 0.328 e. The Balaban J connectivity index is 0.000000416. The van der Waals surface area contributed by atoms with Crippen molar-refractivity contribution in [3.63, 3.8) is 0 Å². The monoisotopic (exact) mass is 390 g/mol. The van der Waals surface area contributed by atoms with Crippen LogP contribution in [0.4, 0.5) is 5.82 Å². The fourth-order valence-electron chi connectivity index (χ4n) is 2.05. The second-order valence-electron chi connectivity index (χ2n) is 5.65. The number of rotatable bonds is 10. The zero-order valence-electron chi connectivity index (χ0n) is 16.0. The summed E-state index contributed by atoms with van der Waals surface area (Å²) in [7, 11) is 1.69. The minimum Gasteiger partial charge on any atom is -0.478 e. The maximum atomic E-state index is 9.55. The molecule has 0 radical (unpaired) electrons. The van der Waals surface area contributed by atoms with Crippen molar-refractivity contribution < 1.29 is 24.5 Å². The maximum Gasteiger partial charge on any atom is 0.328 e. The molecule has 0 aliphatic carbocycles. The van der Waals surface area contributed by atoms with Gasteiger partial charge in [0.2, 0.25) is 0 Å². The standard InChI is InChI=1S/C15H22N4O.C4H4O4/c1-3-4-5-6-7-13-12-17-15-9-8-14(18-19(13)15)16-10-11-20-2;5-3(6)1-2-4(7)8/h6-9,12H,3-5,10-11H2,1-2H3,(H,16,18);1-2H,(H,5,6)(H,7,8). The number of fused-ring (bicyclic) bond motifs is 1. The Morgan fingerprint density at radius 1 is 1.25 bits per heavy atom. The van der Waals surface area contributed by atoms with Crippen molar-refractivity contribution in [2.24, 2.45) is 0 Å². The molecule has 0 aromatic carbocycles. The Bertz CT molecular complexity index is 798. The summed E-state index contributed by atoms with van der Waals surface area (Å²) >= 11 is 0. The summed E-state index contributed by atoms with van der Waals surface area (Å²) in [6, 6.07) is 3.90. The van der Waals surface area contributed by atoms with Crippen molar-refractivity contribution in [2.75, 3.05) is 25.6 Å². The molecule has 2 rings (SSSR count). The molecule has 0 aliphatic rings.